The van der Waals surface area contributed by atoms with Crippen molar-refractivity contribution < 1.29 is 14.3 Å². The van der Waals surface area contributed by atoms with E-state index in [-0.39, 0.29) is 11.8 Å². The van der Waals surface area contributed by atoms with Gasteiger partial charge in [-0.1, -0.05) is 6.07 Å². The third-order valence-electron chi connectivity index (χ3n) is 3.11. The highest BCUT2D eigenvalue weighted by atomic mass is 16.5. The summed E-state index contributed by atoms with van der Waals surface area (Å²) < 4.78 is 4.70. The van der Waals surface area contributed by atoms with Crippen molar-refractivity contribution in [2.45, 2.75) is 12.8 Å². The van der Waals surface area contributed by atoms with Gasteiger partial charge >= 0.3 is 5.97 Å². The van der Waals surface area contributed by atoms with E-state index in [1.807, 2.05) is 0 Å². The topological polar surface area (TPSA) is 84.1 Å². The summed E-state index contributed by atoms with van der Waals surface area (Å²) in [7, 11) is 1.32. The molecule has 0 unspecified atom stereocenters. The van der Waals surface area contributed by atoms with Crippen LogP contribution in [0.5, 0.6) is 0 Å². The first-order valence-electron chi connectivity index (χ1n) is 6.07. The molecule has 0 saturated heterocycles. The summed E-state index contributed by atoms with van der Waals surface area (Å²) >= 11 is 0. The quantitative estimate of drug-likeness (QED) is 0.822. The second-order valence-electron chi connectivity index (χ2n) is 4.54. The minimum Gasteiger partial charge on any atom is -0.465 e. The van der Waals surface area contributed by atoms with Gasteiger partial charge in [-0.25, -0.2) is 9.78 Å². The Kier molecular flexibility index (Phi) is 2.70. The Morgan fingerprint density at radius 1 is 1.42 bits per heavy atom. The number of esters is 1. The summed E-state index contributed by atoms with van der Waals surface area (Å²) in [6.45, 7) is 0. The van der Waals surface area contributed by atoms with Crippen molar-refractivity contribution in [1.82, 2.24) is 9.97 Å². The SMILES string of the molecule is COC(=O)c1cccc2[nH]c(NC(=O)C3CC3)nc12. The zero-order chi connectivity index (χ0) is 13.4. The number of anilines is 1. The molecule has 0 atom stereocenters. The molecule has 2 aromatic rings. The van der Waals surface area contributed by atoms with Gasteiger partial charge in [0.05, 0.1) is 18.2 Å². The number of carbonyl (C=O) groups excluding carboxylic acids is 2. The number of rotatable bonds is 3. The highest BCUT2D eigenvalue weighted by Gasteiger charge is 2.30. The van der Waals surface area contributed by atoms with E-state index in [0.717, 1.165) is 12.8 Å². The number of nitrogens with zero attached hydrogens (tertiary/aromatic N) is 1. The number of aromatic nitrogens is 2. The molecule has 98 valence electrons. The van der Waals surface area contributed by atoms with E-state index in [9.17, 15) is 9.59 Å². The molecule has 6 nitrogen and oxygen atoms in total. The minimum absolute atomic E-state index is 0.0290. The van der Waals surface area contributed by atoms with Crippen LogP contribution in [0.1, 0.15) is 23.2 Å². The second-order valence-corrected chi connectivity index (χ2v) is 4.54. The van der Waals surface area contributed by atoms with Crippen LogP contribution in [0.3, 0.4) is 0 Å². The van der Waals surface area contributed by atoms with Gasteiger partial charge in [0.25, 0.3) is 0 Å². The average Bonchev–Trinajstić information content (AvgIpc) is 3.18. The van der Waals surface area contributed by atoms with Crippen LogP contribution in [0.15, 0.2) is 18.2 Å². The van der Waals surface area contributed by atoms with Crippen LogP contribution in [-0.2, 0) is 9.53 Å². The average molecular weight is 259 g/mol. The van der Waals surface area contributed by atoms with Gasteiger partial charge in [0.2, 0.25) is 11.9 Å². The maximum Gasteiger partial charge on any atom is 0.340 e. The lowest BCUT2D eigenvalue weighted by Gasteiger charge is -1.98. The lowest BCUT2D eigenvalue weighted by Crippen LogP contribution is -2.14. The zero-order valence-electron chi connectivity index (χ0n) is 10.4. The van der Waals surface area contributed by atoms with Crippen LogP contribution >= 0.6 is 0 Å². The summed E-state index contributed by atoms with van der Waals surface area (Å²) in [6, 6.07) is 5.17. The number of imidazole rings is 1. The third kappa shape index (κ3) is 2.16. The molecule has 1 fully saturated rings. The summed E-state index contributed by atoms with van der Waals surface area (Å²) in [5, 5.41) is 2.72. The lowest BCUT2D eigenvalue weighted by molar-refractivity contribution is -0.117. The van der Waals surface area contributed by atoms with Crippen LogP contribution in [0.2, 0.25) is 0 Å². The number of ether oxygens (including phenoxy) is 1. The molecular formula is C13H13N3O3. The number of para-hydroxylation sites is 1. The summed E-state index contributed by atoms with van der Waals surface area (Å²) in [4.78, 5) is 30.5. The monoisotopic (exact) mass is 259 g/mol. The van der Waals surface area contributed by atoms with Crippen LogP contribution in [0.25, 0.3) is 11.0 Å². The van der Waals surface area contributed by atoms with Crippen LogP contribution < -0.4 is 5.32 Å². The Morgan fingerprint density at radius 3 is 2.89 bits per heavy atom. The molecule has 3 rings (SSSR count). The summed E-state index contributed by atoms with van der Waals surface area (Å²) in [6.07, 6.45) is 1.86. The van der Waals surface area contributed by atoms with E-state index in [2.05, 4.69) is 15.3 Å². The molecule has 1 aromatic heterocycles. The van der Waals surface area contributed by atoms with Gasteiger partial charge in [0, 0.05) is 5.92 Å². The zero-order valence-corrected chi connectivity index (χ0v) is 10.4. The minimum atomic E-state index is -0.447. The fourth-order valence-electron chi connectivity index (χ4n) is 1.93. The van der Waals surface area contributed by atoms with Gasteiger partial charge < -0.3 is 9.72 Å². The van der Waals surface area contributed by atoms with Crippen molar-refractivity contribution in [3.8, 4) is 0 Å². The van der Waals surface area contributed by atoms with Crippen molar-refractivity contribution in [3.63, 3.8) is 0 Å². The number of aromatic amines is 1. The number of benzene rings is 1. The second kappa shape index (κ2) is 4.38. The van der Waals surface area contributed by atoms with Gasteiger partial charge in [0.15, 0.2) is 0 Å². The first kappa shape index (κ1) is 11.7. The van der Waals surface area contributed by atoms with E-state index >= 15 is 0 Å². The molecule has 1 heterocycles. The number of fused-ring (bicyclic) bond motifs is 1. The van der Waals surface area contributed by atoms with Gasteiger partial charge in [-0.3, -0.25) is 10.1 Å². The normalized spacial score (nSPS) is 14.4. The summed E-state index contributed by atoms with van der Waals surface area (Å²) in [5.74, 6) is -0.00705. The largest absolute Gasteiger partial charge is 0.465 e. The molecule has 1 saturated carbocycles. The molecule has 0 aliphatic heterocycles. The molecule has 0 spiro atoms. The van der Waals surface area contributed by atoms with Crippen LogP contribution in [-0.4, -0.2) is 29.0 Å². The molecule has 19 heavy (non-hydrogen) atoms. The molecule has 0 bridgehead atoms. The molecule has 6 heteroatoms. The molecule has 1 amide bonds. The van der Waals surface area contributed by atoms with Gasteiger partial charge in [-0.2, -0.15) is 0 Å². The van der Waals surface area contributed by atoms with Crippen LogP contribution in [0.4, 0.5) is 5.95 Å². The lowest BCUT2D eigenvalue weighted by atomic mass is 10.2. The number of amides is 1. The number of H-pyrrole nitrogens is 1. The maximum absolute atomic E-state index is 11.7. The Bertz CT molecular complexity index is 658. The maximum atomic E-state index is 11.7. The molecule has 1 aliphatic rings. The first-order chi connectivity index (χ1) is 9.19. The predicted molar refractivity (Wildman–Crippen MR) is 68.8 cm³/mol. The van der Waals surface area contributed by atoms with E-state index in [4.69, 9.17) is 4.74 Å². The molecule has 1 aromatic carbocycles. The Balaban J connectivity index is 1.95. The Labute approximate surface area is 109 Å². The molecule has 2 N–H and O–H groups in total. The first-order valence-corrected chi connectivity index (χ1v) is 6.07. The van der Waals surface area contributed by atoms with E-state index in [0.29, 0.717) is 22.5 Å². The van der Waals surface area contributed by atoms with Gasteiger partial charge in [0.1, 0.15) is 5.52 Å². The number of methoxy groups -OCH3 is 1. The van der Waals surface area contributed by atoms with E-state index in [1.54, 1.807) is 18.2 Å². The molecule has 1 aliphatic carbocycles. The van der Waals surface area contributed by atoms with Crippen molar-refractivity contribution in [1.29, 1.82) is 0 Å². The fraction of sp³-hybridized carbons (Fsp3) is 0.308. The van der Waals surface area contributed by atoms with Crippen molar-refractivity contribution in [2.75, 3.05) is 12.4 Å². The molecular weight excluding hydrogens is 246 g/mol. The Morgan fingerprint density at radius 2 is 2.21 bits per heavy atom. The van der Waals surface area contributed by atoms with Crippen molar-refractivity contribution in [2.24, 2.45) is 5.92 Å². The number of carbonyl (C=O) groups is 2. The smallest absolute Gasteiger partial charge is 0.340 e. The van der Waals surface area contributed by atoms with Crippen LogP contribution in [0, 0.1) is 5.92 Å². The predicted octanol–water partition coefficient (Wildman–Crippen LogP) is 1.70. The number of hydrogen-bond donors (Lipinski definition) is 2. The Hall–Kier alpha value is -2.37. The standard InChI is InChI=1S/C13H13N3O3/c1-19-12(18)8-3-2-4-9-10(8)15-13(14-9)16-11(17)7-5-6-7/h2-4,7H,5-6H2,1H3,(H2,14,15,16,17). The van der Waals surface area contributed by atoms with Gasteiger partial charge in [-0.05, 0) is 25.0 Å². The van der Waals surface area contributed by atoms with E-state index in [1.165, 1.54) is 7.11 Å². The molecule has 0 radical (unpaired) electrons. The third-order valence-corrected chi connectivity index (χ3v) is 3.11. The highest BCUT2D eigenvalue weighted by molar-refractivity contribution is 6.03. The van der Waals surface area contributed by atoms with Crippen molar-refractivity contribution in [3.05, 3.63) is 23.8 Å². The van der Waals surface area contributed by atoms with Crippen molar-refractivity contribution >= 4 is 28.9 Å². The number of hydrogen-bond acceptors (Lipinski definition) is 4. The fourth-order valence-corrected chi connectivity index (χ4v) is 1.93. The summed E-state index contributed by atoms with van der Waals surface area (Å²) in [5.41, 5.74) is 1.57. The number of nitrogens with one attached hydrogen (secondary N) is 2. The van der Waals surface area contributed by atoms with E-state index < -0.39 is 5.97 Å². The van der Waals surface area contributed by atoms with Gasteiger partial charge in [-0.15, -0.1) is 0 Å². The highest BCUT2D eigenvalue weighted by Crippen LogP contribution is 2.30.